The fourth-order valence-corrected chi connectivity index (χ4v) is 7.54. The predicted molar refractivity (Wildman–Crippen MR) is 150 cm³/mol. The lowest BCUT2D eigenvalue weighted by Crippen LogP contribution is -2.55. The van der Waals surface area contributed by atoms with E-state index in [0.29, 0.717) is 5.75 Å². The number of fused-ring (bicyclic) bond motifs is 1. The molecule has 10 nitrogen and oxygen atoms in total. The van der Waals surface area contributed by atoms with Crippen LogP contribution in [0.5, 0.6) is 5.75 Å². The molecule has 2 aromatic rings. The van der Waals surface area contributed by atoms with Gasteiger partial charge in [-0.3, -0.25) is 14.5 Å². The molecule has 3 heterocycles. The minimum Gasteiger partial charge on any atom is -0.426 e. The van der Waals surface area contributed by atoms with Gasteiger partial charge in [0.05, 0.1) is 10.8 Å². The standard InChI is InChI=1S/C29H36N4O6S/c1-4-31(5-2)21-11-12-23-20(3)24(26(34)39-25(23)19-21)13-16-33-27(35)29(30-28(33)36)14-17-32(18-15-29)40(37,38)22-9-7-6-8-10-22/h6-12,19-20,24H,4-5,13-18H2,1-3H3,(H,30,36). The van der Waals surface area contributed by atoms with Gasteiger partial charge in [0.1, 0.15) is 11.3 Å². The Morgan fingerprint density at radius 3 is 2.35 bits per heavy atom. The molecule has 1 spiro atoms. The Morgan fingerprint density at radius 2 is 1.70 bits per heavy atom. The zero-order valence-corrected chi connectivity index (χ0v) is 23.9. The second kappa shape index (κ2) is 10.9. The van der Waals surface area contributed by atoms with Gasteiger partial charge in [-0.15, -0.1) is 0 Å². The molecule has 214 valence electrons. The summed E-state index contributed by atoms with van der Waals surface area (Å²) < 4.78 is 33.1. The fourth-order valence-electron chi connectivity index (χ4n) is 6.08. The molecule has 3 amide bonds. The number of imide groups is 1. The molecule has 2 fully saturated rings. The molecule has 1 N–H and O–H groups in total. The van der Waals surface area contributed by atoms with Crippen LogP contribution in [-0.4, -0.2) is 73.8 Å². The van der Waals surface area contributed by atoms with Gasteiger partial charge in [0.25, 0.3) is 5.91 Å². The first-order valence-corrected chi connectivity index (χ1v) is 15.3. The molecular formula is C29H36N4O6S. The minimum absolute atomic E-state index is 0.0788. The number of piperidine rings is 1. The van der Waals surface area contributed by atoms with Crippen molar-refractivity contribution in [1.29, 1.82) is 0 Å². The van der Waals surface area contributed by atoms with Crippen LogP contribution in [0.4, 0.5) is 10.5 Å². The van der Waals surface area contributed by atoms with Gasteiger partial charge in [-0.1, -0.05) is 31.2 Å². The number of hydrogen-bond acceptors (Lipinski definition) is 7. The summed E-state index contributed by atoms with van der Waals surface area (Å²) in [6.45, 7) is 8.12. The predicted octanol–water partition coefficient (Wildman–Crippen LogP) is 3.34. The molecule has 2 unspecified atom stereocenters. The van der Waals surface area contributed by atoms with Gasteiger partial charge in [0, 0.05) is 44.5 Å². The van der Waals surface area contributed by atoms with Crippen molar-refractivity contribution < 1.29 is 27.5 Å². The third kappa shape index (κ3) is 4.85. The number of hydrogen-bond donors (Lipinski definition) is 1. The summed E-state index contributed by atoms with van der Waals surface area (Å²) in [5, 5.41) is 2.83. The Bertz CT molecular complexity index is 1400. The maximum Gasteiger partial charge on any atom is 0.325 e. The number of urea groups is 1. The number of sulfonamides is 1. The van der Waals surface area contributed by atoms with Crippen molar-refractivity contribution >= 4 is 33.6 Å². The summed E-state index contributed by atoms with van der Waals surface area (Å²) in [5.74, 6) is -0.803. The van der Waals surface area contributed by atoms with Gasteiger partial charge in [-0.2, -0.15) is 4.31 Å². The van der Waals surface area contributed by atoms with Gasteiger partial charge < -0.3 is 15.0 Å². The number of nitrogens with zero attached hydrogens (tertiary/aromatic N) is 3. The van der Waals surface area contributed by atoms with Crippen molar-refractivity contribution in [2.24, 2.45) is 5.92 Å². The number of anilines is 1. The van der Waals surface area contributed by atoms with E-state index in [1.807, 2.05) is 25.1 Å². The third-order valence-electron chi connectivity index (χ3n) is 8.60. The molecule has 0 aliphatic carbocycles. The van der Waals surface area contributed by atoms with Crippen LogP contribution in [0, 0.1) is 5.92 Å². The van der Waals surface area contributed by atoms with E-state index < -0.39 is 27.5 Å². The van der Waals surface area contributed by atoms with E-state index in [9.17, 15) is 22.8 Å². The van der Waals surface area contributed by atoms with E-state index in [2.05, 4.69) is 24.1 Å². The number of ether oxygens (including phenoxy) is 1. The van der Waals surface area contributed by atoms with Gasteiger partial charge in [0.15, 0.2) is 0 Å². The lowest BCUT2D eigenvalue weighted by Gasteiger charge is -2.36. The Hall–Kier alpha value is -3.44. The lowest BCUT2D eigenvalue weighted by molar-refractivity contribution is -0.142. The highest BCUT2D eigenvalue weighted by Gasteiger charge is 2.53. The largest absolute Gasteiger partial charge is 0.426 e. The van der Waals surface area contributed by atoms with E-state index in [0.717, 1.165) is 24.3 Å². The minimum atomic E-state index is -3.68. The van der Waals surface area contributed by atoms with Crippen LogP contribution >= 0.6 is 0 Å². The molecule has 2 saturated heterocycles. The normalized spacial score (nSPS) is 22.7. The molecule has 3 aliphatic heterocycles. The smallest absolute Gasteiger partial charge is 0.325 e. The molecule has 5 rings (SSSR count). The van der Waals surface area contributed by atoms with Crippen LogP contribution in [0.2, 0.25) is 0 Å². The topological polar surface area (TPSA) is 116 Å². The van der Waals surface area contributed by atoms with Gasteiger partial charge >= 0.3 is 12.0 Å². The Morgan fingerprint density at radius 1 is 1.02 bits per heavy atom. The highest BCUT2D eigenvalue weighted by Crippen LogP contribution is 2.41. The van der Waals surface area contributed by atoms with Gasteiger partial charge in [0.2, 0.25) is 10.0 Å². The summed E-state index contributed by atoms with van der Waals surface area (Å²) in [6.07, 6.45) is 0.648. The molecule has 0 radical (unpaired) electrons. The second-order valence-corrected chi connectivity index (χ2v) is 12.6. The molecule has 40 heavy (non-hydrogen) atoms. The highest BCUT2D eigenvalue weighted by atomic mass is 32.2. The fraction of sp³-hybridized carbons (Fsp3) is 0.483. The number of esters is 1. The maximum atomic E-state index is 13.5. The summed E-state index contributed by atoms with van der Waals surface area (Å²) >= 11 is 0. The maximum absolute atomic E-state index is 13.5. The summed E-state index contributed by atoms with van der Waals surface area (Å²) in [6, 6.07) is 13.6. The number of rotatable bonds is 8. The zero-order chi connectivity index (χ0) is 28.7. The number of carbonyl (C=O) groups excluding carboxylic acids is 3. The number of carbonyl (C=O) groups is 3. The SMILES string of the molecule is CCN(CC)c1ccc2c(c1)OC(=O)C(CCN1C(=O)NC3(CCN(S(=O)(=O)c4ccccc4)CC3)C1=O)C2C. The van der Waals surface area contributed by atoms with Gasteiger partial charge in [-0.25, -0.2) is 13.2 Å². The molecule has 11 heteroatoms. The van der Waals surface area contributed by atoms with E-state index in [1.165, 1.54) is 9.21 Å². The van der Waals surface area contributed by atoms with Crippen molar-refractivity contribution in [3.05, 3.63) is 54.1 Å². The molecule has 0 aromatic heterocycles. The van der Waals surface area contributed by atoms with Crippen LogP contribution in [0.25, 0.3) is 0 Å². The second-order valence-electron chi connectivity index (χ2n) is 10.7. The lowest BCUT2D eigenvalue weighted by atomic mass is 9.82. The van der Waals surface area contributed by atoms with Crippen molar-refractivity contribution in [1.82, 2.24) is 14.5 Å². The third-order valence-corrected chi connectivity index (χ3v) is 10.5. The number of nitrogens with one attached hydrogen (secondary N) is 1. The van der Waals surface area contributed by atoms with E-state index in [-0.39, 0.29) is 61.6 Å². The molecule has 3 aliphatic rings. The highest BCUT2D eigenvalue weighted by molar-refractivity contribution is 7.89. The molecule has 0 bridgehead atoms. The van der Waals surface area contributed by atoms with Crippen molar-refractivity contribution in [3.63, 3.8) is 0 Å². The van der Waals surface area contributed by atoms with E-state index in [1.54, 1.807) is 30.3 Å². The van der Waals surface area contributed by atoms with E-state index >= 15 is 0 Å². The monoisotopic (exact) mass is 568 g/mol. The Kier molecular flexibility index (Phi) is 7.62. The Labute approximate surface area is 235 Å². The first kappa shape index (κ1) is 28.1. The zero-order valence-electron chi connectivity index (χ0n) is 23.1. The van der Waals surface area contributed by atoms with Crippen LogP contribution in [0.3, 0.4) is 0 Å². The number of benzene rings is 2. The molecule has 2 aromatic carbocycles. The molecule has 0 saturated carbocycles. The Balaban J connectivity index is 1.23. The molecular weight excluding hydrogens is 532 g/mol. The summed E-state index contributed by atoms with van der Waals surface area (Å²) in [5.41, 5.74) is 0.793. The van der Waals surface area contributed by atoms with E-state index in [4.69, 9.17) is 4.74 Å². The number of amides is 3. The first-order valence-electron chi connectivity index (χ1n) is 13.9. The van der Waals surface area contributed by atoms with Crippen LogP contribution in [0.1, 0.15) is 51.5 Å². The van der Waals surface area contributed by atoms with Gasteiger partial charge in [-0.05, 0) is 62.8 Å². The quantitative estimate of drug-likeness (QED) is 0.295. The van der Waals surface area contributed by atoms with Crippen LogP contribution in [-0.2, 0) is 19.6 Å². The average molecular weight is 569 g/mol. The summed E-state index contributed by atoms with van der Waals surface area (Å²) in [4.78, 5) is 42.9. The average Bonchev–Trinajstić information content (AvgIpc) is 3.17. The van der Waals surface area contributed by atoms with Crippen molar-refractivity contribution in [2.45, 2.75) is 56.4 Å². The summed E-state index contributed by atoms with van der Waals surface area (Å²) in [7, 11) is -3.68. The van der Waals surface area contributed by atoms with Crippen molar-refractivity contribution in [2.75, 3.05) is 37.6 Å². The molecule has 2 atom stereocenters. The van der Waals surface area contributed by atoms with Crippen molar-refractivity contribution in [3.8, 4) is 5.75 Å². The van der Waals surface area contributed by atoms with Crippen LogP contribution < -0.4 is 15.0 Å². The van der Waals surface area contributed by atoms with Crippen LogP contribution in [0.15, 0.2) is 53.4 Å². The first-order chi connectivity index (χ1) is 19.1.